The van der Waals surface area contributed by atoms with Crippen molar-refractivity contribution in [3.8, 4) is 6.07 Å². The van der Waals surface area contributed by atoms with Crippen molar-refractivity contribution in [2.45, 2.75) is 63.7 Å². The highest BCUT2D eigenvalue weighted by atomic mass is 19.4. The fourth-order valence-electron chi connectivity index (χ4n) is 4.49. The molecule has 8 heteroatoms. The van der Waals surface area contributed by atoms with Gasteiger partial charge in [-0.3, -0.25) is 4.99 Å². The van der Waals surface area contributed by atoms with E-state index in [4.69, 9.17) is 5.26 Å². The van der Waals surface area contributed by atoms with Crippen molar-refractivity contribution < 1.29 is 18.3 Å². The molecule has 2 unspecified atom stereocenters. The number of anilines is 1. The Morgan fingerprint density at radius 1 is 1.20 bits per heavy atom. The van der Waals surface area contributed by atoms with Crippen molar-refractivity contribution in [2.24, 2.45) is 4.99 Å². The summed E-state index contributed by atoms with van der Waals surface area (Å²) in [6.07, 6.45) is -1.70. The molecular weight excluding hydrogens is 453 g/mol. The molecule has 5 nitrogen and oxygen atoms in total. The van der Waals surface area contributed by atoms with Crippen molar-refractivity contribution >= 4 is 22.5 Å². The molecule has 0 bridgehead atoms. The van der Waals surface area contributed by atoms with Crippen LogP contribution < -0.4 is 10.4 Å². The van der Waals surface area contributed by atoms with E-state index in [1.54, 1.807) is 43.3 Å². The molecule has 182 valence electrons. The summed E-state index contributed by atoms with van der Waals surface area (Å²) < 4.78 is 40.4. The topological polar surface area (TPSA) is 84.1 Å². The number of benzene rings is 2. The largest absolute Gasteiger partial charge is 0.858 e. The molecule has 1 aromatic heterocycles. The van der Waals surface area contributed by atoms with E-state index in [0.29, 0.717) is 23.1 Å². The monoisotopic (exact) mass is 479 g/mol. The molecule has 35 heavy (non-hydrogen) atoms. The quantitative estimate of drug-likeness (QED) is 0.375. The van der Waals surface area contributed by atoms with Crippen LogP contribution in [0, 0.1) is 18.3 Å². The van der Waals surface area contributed by atoms with Gasteiger partial charge in [-0.1, -0.05) is 29.8 Å². The van der Waals surface area contributed by atoms with Crippen LogP contribution in [-0.4, -0.2) is 23.0 Å². The Balaban J connectivity index is 1.56. The van der Waals surface area contributed by atoms with Gasteiger partial charge in [0.05, 0.1) is 23.5 Å². The molecule has 1 heterocycles. The Hall–Kier alpha value is -3.60. The van der Waals surface area contributed by atoms with Gasteiger partial charge in [-0.2, -0.15) is 18.4 Å². The van der Waals surface area contributed by atoms with Crippen molar-refractivity contribution in [1.82, 2.24) is 4.98 Å². The molecule has 0 amide bonds. The third-order valence-electron chi connectivity index (χ3n) is 6.39. The average Bonchev–Trinajstić information content (AvgIpc) is 2.83. The van der Waals surface area contributed by atoms with Gasteiger partial charge in [0.15, 0.2) is 0 Å². The molecule has 4 rings (SSSR count). The van der Waals surface area contributed by atoms with E-state index < -0.39 is 11.9 Å². The lowest BCUT2D eigenvalue weighted by Gasteiger charge is -2.30. The minimum absolute atomic E-state index is 0.123. The molecular formula is C27H26F3N4O-. The number of halogens is 3. The highest BCUT2D eigenvalue weighted by molar-refractivity contribution is 5.92. The molecule has 2 aromatic carbocycles. The number of hydrogen-bond donors (Lipinski definition) is 1. The lowest BCUT2D eigenvalue weighted by Crippen LogP contribution is -2.31. The van der Waals surface area contributed by atoms with Crippen LogP contribution >= 0.6 is 0 Å². The molecule has 1 fully saturated rings. The van der Waals surface area contributed by atoms with Crippen molar-refractivity contribution in [3.05, 3.63) is 70.9 Å². The summed E-state index contributed by atoms with van der Waals surface area (Å²) in [4.78, 5) is 8.21. The predicted molar refractivity (Wildman–Crippen MR) is 128 cm³/mol. The second kappa shape index (κ2) is 9.95. The van der Waals surface area contributed by atoms with Gasteiger partial charge in [0.2, 0.25) is 0 Å². The van der Waals surface area contributed by atoms with Gasteiger partial charge in [0.1, 0.15) is 5.69 Å². The Bertz CT molecular complexity index is 1300. The molecule has 1 N–H and O–H groups in total. The molecule has 0 aliphatic heterocycles. The van der Waals surface area contributed by atoms with Crippen LogP contribution in [0.3, 0.4) is 0 Å². The fraction of sp³-hybridized carbons (Fsp3) is 0.370. The van der Waals surface area contributed by atoms with E-state index in [9.17, 15) is 18.3 Å². The third kappa shape index (κ3) is 5.73. The number of aromatic nitrogens is 1. The summed E-state index contributed by atoms with van der Waals surface area (Å²) in [6, 6.07) is 15.0. The smallest absolute Gasteiger partial charge is 0.433 e. The average molecular weight is 480 g/mol. The van der Waals surface area contributed by atoms with E-state index in [1.807, 2.05) is 13.0 Å². The lowest BCUT2D eigenvalue weighted by molar-refractivity contribution is -0.213. The van der Waals surface area contributed by atoms with Crippen LogP contribution in [0.4, 0.5) is 18.9 Å². The van der Waals surface area contributed by atoms with Crippen LogP contribution in [0.15, 0.2) is 53.5 Å². The first-order valence-electron chi connectivity index (χ1n) is 11.6. The van der Waals surface area contributed by atoms with Crippen LogP contribution in [0.5, 0.6) is 0 Å². The third-order valence-corrected chi connectivity index (χ3v) is 6.39. The van der Waals surface area contributed by atoms with Gasteiger partial charge in [0, 0.05) is 17.1 Å². The molecule has 1 aliphatic rings. The molecule has 0 saturated heterocycles. The second-order valence-electron chi connectivity index (χ2n) is 9.15. The number of nitrogens with zero attached hydrogens (tertiary/aromatic N) is 3. The van der Waals surface area contributed by atoms with Crippen LogP contribution in [-0.2, 0) is 6.18 Å². The lowest BCUT2D eigenvalue weighted by atomic mass is 9.90. The SMILES string of the molecule is Cc1ccc2nc(C(F)(F)F)cc(N[C@H]3CCCC(N=C([O-])c4cccc(C(C)C#N)c4)C3)c2c1. The number of aliphatic imine (C=N–C) groups is 1. The van der Waals surface area contributed by atoms with Crippen molar-refractivity contribution in [3.63, 3.8) is 0 Å². The fourth-order valence-corrected chi connectivity index (χ4v) is 4.49. The maximum atomic E-state index is 13.5. The maximum Gasteiger partial charge on any atom is 0.433 e. The summed E-state index contributed by atoms with van der Waals surface area (Å²) in [5.41, 5.74) is 1.86. The molecule has 1 saturated carbocycles. The Morgan fingerprint density at radius 2 is 2.00 bits per heavy atom. The van der Waals surface area contributed by atoms with Crippen LogP contribution in [0.25, 0.3) is 10.9 Å². The molecule has 3 aromatic rings. The maximum absolute atomic E-state index is 13.5. The molecule has 0 spiro atoms. The van der Waals surface area contributed by atoms with Gasteiger partial charge >= 0.3 is 6.18 Å². The molecule has 1 aliphatic carbocycles. The highest BCUT2D eigenvalue weighted by Gasteiger charge is 2.34. The number of aryl methyl sites for hydroxylation is 1. The van der Waals surface area contributed by atoms with Crippen LogP contribution in [0.2, 0.25) is 0 Å². The summed E-state index contributed by atoms with van der Waals surface area (Å²) in [6.45, 7) is 3.65. The number of nitriles is 1. The summed E-state index contributed by atoms with van der Waals surface area (Å²) >= 11 is 0. The normalized spacial score (nSPS) is 19.8. The van der Waals surface area contributed by atoms with Gasteiger partial charge in [0.25, 0.3) is 0 Å². The van der Waals surface area contributed by atoms with Crippen molar-refractivity contribution in [2.75, 3.05) is 5.32 Å². The Morgan fingerprint density at radius 3 is 2.74 bits per heavy atom. The number of nitrogens with one attached hydrogen (secondary N) is 1. The molecule has 3 atom stereocenters. The predicted octanol–water partition coefficient (Wildman–Crippen LogP) is 5.72. The number of pyridine rings is 1. The second-order valence-corrected chi connectivity index (χ2v) is 9.15. The van der Waals surface area contributed by atoms with Gasteiger partial charge in [-0.15, -0.1) is 0 Å². The van der Waals surface area contributed by atoms with Crippen molar-refractivity contribution in [1.29, 1.82) is 5.26 Å². The summed E-state index contributed by atoms with van der Waals surface area (Å²) in [5, 5.41) is 25.9. The standard InChI is InChI=1S/C27H27F3N4O/c1-16-9-10-23-22(11-16)24(14-25(34-23)27(28,29)30)32-20-7-4-8-21(13-20)33-26(35)19-6-3-5-18(12-19)17(2)15-31/h3,5-6,9-12,14,17,20-21H,4,7-8,13H2,1-2H3,(H,32,34)(H,33,35)/p-1/t17?,20-,21?/m0/s1. The number of hydrogen-bond acceptors (Lipinski definition) is 5. The zero-order valence-corrected chi connectivity index (χ0v) is 19.6. The van der Waals surface area contributed by atoms with E-state index >= 15 is 0 Å². The van der Waals surface area contributed by atoms with E-state index in [0.717, 1.165) is 36.5 Å². The minimum atomic E-state index is -4.55. The first-order valence-corrected chi connectivity index (χ1v) is 11.6. The van der Waals surface area contributed by atoms with E-state index in [2.05, 4.69) is 21.4 Å². The van der Waals surface area contributed by atoms with Crippen LogP contribution in [0.1, 0.15) is 60.9 Å². The number of rotatable bonds is 5. The first kappa shape index (κ1) is 24.5. The van der Waals surface area contributed by atoms with Gasteiger partial charge in [-0.05, 0) is 80.8 Å². The minimum Gasteiger partial charge on any atom is -0.858 e. The van der Waals surface area contributed by atoms with Gasteiger partial charge < -0.3 is 10.4 Å². The first-order chi connectivity index (χ1) is 16.6. The van der Waals surface area contributed by atoms with E-state index in [1.165, 1.54) is 0 Å². The summed E-state index contributed by atoms with van der Waals surface area (Å²) in [7, 11) is 0. The zero-order chi connectivity index (χ0) is 25.2. The van der Waals surface area contributed by atoms with E-state index in [-0.39, 0.29) is 29.4 Å². The highest BCUT2D eigenvalue weighted by Crippen LogP contribution is 2.35. The number of fused-ring (bicyclic) bond motifs is 1. The molecule has 0 radical (unpaired) electrons. The summed E-state index contributed by atoms with van der Waals surface area (Å²) in [5.74, 6) is -0.668. The Kier molecular flexibility index (Phi) is 6.97. The van der Waals surface area contributed by atoms with Gasteiger partial charge in [-0.25, -0.2) is 4.98 Å². The Labute approximate surface area is 202 Å². The number of alkyl halides is 3. The zero-order valence-electron chi connectivity index (χ0n) is 19.6.